The summed E-state index contributed by atoms with van der Waals surface area (Å²) >= 11 is 0. The minimum Gasteiger partial charge on any atom is -0.450 e. The van der Waals surface area contributed by atoms with Crippen molar-refractivity contribution in [2.45, 2.75) is 27.1 Å². The Bertz CT molecular complexity index is 545. The molecule has 0 heterocycles. The predicted octanol–water partition coefficient (Wildman–Crippen LogP) is 2.88. The number of carboxylic acid groups (broad SMARTS) is 1. The zero-order chi connectivity index (χ0) is 16.2. The molecule has 1 atom stereocenters. The fourth-order valence-electron chi connectivity index (χ4n) is 1.28. The normalized spacial score (nSPS) is 12.3. The number of hydrogen-bond acceptors (Lipinski definition) is 6. The van der Waals surface area contributed by atoms with E-state index in [-0.39, 0.29) is 11.3 Å². The highest BCUT2D eigenvalue weighted by Crippen LogP contribution is 2.26. The van der Waals surface area contributed by atoms with E-state index >= 15 is 0 Å². The van der Waals surface area contributed by atoms with Crippen molar-refractivity contribution < 1.29 is 29.1 Å². The summed E-state index contributed by atoms with van der Waals surface area (Å²) in [5, 5.41) is 19.2. The topological polar surface area (TPSA) is 116 Å². The highest BCUT2D eigenvalue weighted by Gasteiger charge is 2.29. The molecule has 0 saturated heterocycles. The smallest absolute Gasteiger partial charge is 0.450 e. The van der Waals surface area contributed by atoms with Crippen LogP contribution in [0.4, 0.5) is 10.5 Å². The lowest BCUT2D eigenvalue weighted by atomic mass is 9.97. The Balaban J connectivity index is 2.99. The van der Waals surface area contributed by atoms with Crippen molar-refractivity contribution in [2.75, 3.05) is 0 Å². The molecule has 21 heavy (non-hydrogen) atoms. The molecule has 1 rings (SSSR count). The summed E-state index contributed by atoms with van der Waals surface area (Å²) in [5.74, 6) is -0.660. The van der Waals surface area contributed by atoms with Crippen LogP contribution in [0.2, 0.25) is 0 Å². The van der Waals surface area contributed by atoms with Crippen LogP contribution in [-0.4, -0.2) is 22.2 Å². The number of carbonyl (C=O) groups is 2. The second kappa shape index (κ2) is 6.21. The van der Waals surface area contributed by atoms with Crippen LogP contribution in [-0.2, 0) is 14.3 Å². The van der Waals surface area contributed by atoms with Crippen LogP contribution in [0.3, 0.4) is 0 Å². The van der Waals surface area contributed by atoms with Gasteiger partial charge in [-0.3, -0.25) is 14.9 Å². The van der Waals surface area contributed by atoms with Crippen molar-refractivity contribution in [2.24, 2.45) is 5.41 Å². The molecule has 114 valence electrons. The van der Waals surface area contributed by atoms with E-state index in [1.807, 2.05) is 0 Å². The first kappa shape index (κ1) is 16.4. The fourth-order valence-corrected chi connectivity index (χ4v) is 1.28. The van der Waals surface area contributed by atoms with Gasteiger partial charge in [-0.05, 0) is 32.9 Å². The van der Waals surface area contributed by atoms with Gasteiger partial charge in [0.15, 0.2) is 0 Å². The average Bonchev–Trinajstić information content (AvgIpc) is 2.36. The van der Waals surface area contributed by atoms with Crippen LogP contribution in [0.25, 0.3) is 0 Å². The lowest BCUT2D eigenvalue weighted by Crippen LogP contribution is -2.26. The standard InChI is InChI=1S/C13H15NO7/c1-13(2,3)11(15)20-10(21-12(16)17)8-4-6-9(7-5-8)14(18)19/h4-7,10H,1-3H3,(H,16,17). The molecule has 1 N–H and O–H groups in total. The van der Waals surface area contributed by atoms with E-state index in [9.17, 15) is 19.7 Å². The van der Waals surface area contributed by atoms with Gasteiger partial charge < -0.3 is 14.6 Å². The van der Waals surface area contributed by atoms with Crippen LogP contribution >= 0.6 is 0 Å². The van der Waals surface area contributed by atoms with Crippen LogP contribution in [0.1, 0.15) is 32.6 Å². The zero-order valence-electron chi connectivity index (χ0n) is 11.7. The van der Waals surface area contributed by atoms with Crippen LogP contribution in [0.15, 0.2) is 24.3 Å². The van der Waals surface area contributed by atoms with Crippen molar-refractivity contribution in [3.8, 4) is 0 Å². The third-order valence-electron chi connectivity index (χ3n) is 2.41. The first-order valence-electron chi connectivity index (χ1n) is 5.96. The SMILES string of the molecule is CC(C)(C)C(=O)OC(OC(=O)O)c1ccc([N+](=O)[O-])cc1. The Morgan fingerprint density at radius 3 is 2.10 bits per heavy atom. The lowest BCUT2D eigenvalue weighted by Gasteiger charge is -2.22. The summed E-state index contributed by atoms with van der Waals surface area (Å²) in [6.45, 7) is 4.80. The monoisotopic (exact) mass is 297 g/mol. The number of nitro benzene ring substituents is 1. The van der Waals surface area contributed by atoms with Crippen LogP contribution < -0.4 is 0 Å². The number of esters is 1. The number of benzene rings is 1. The first-order valence-corrected chi connectivity index (χ1v) is 5.96. The van der Waals surface area contributed by atoms with Gasteiger partial charge in [0, 0.05) is 17.7 Å². The van der Waals surface area contributed by atoms with Gasteiger partial charge in [0.05, 0.1) is 10.3 Å². The third-order valence-corrected chi connectivity index (χ3v) is 2.41. The van der Waals surface area contributed by atoms with E-state index < -0.39 is 28.8 Å². The number of rotatable bonds is 4. The summed E-state index contributed by atoms with van der Waals surface area (Å²) in [6.07, 6.45) is -3.10. The molecular weight excluding hydrogens is 282 g/mol. The molecule has 0 aliphatic rings. The first-order chi connectivity index (χ1) is 9.61. The molecule has 1 aromatic rings. The molecule has 0 aliphatic carbocycles. The molecular formula is C13H15NO7. The molecule has 0 radical (unpaired) electrons. The molecule has 0 amide bonds. The van der Waals surface area contributed by atoms with Crippen molar-refractivity contribution >= 4 is 17.8 Å². The Hall–Kier alpha value is -2.64. The third kappa shape index (κ3) is 4.75. The minimum atomic E-state index is -1.62. The molecule has 0 aromatic heterocycles. The molecule has 0 saturated carbocycles. The molecule has 1 aromatic carbocycles. The second-order valence-corrected chi connectivity index (χ2v) is 5.22. The van der Waals surface area contributed by atoms with E-state index in [0.717, 1.165) is 0 Å². The number of ether oxygens (including phenoxy) is 2. The number of nitrogens with zero attached hydrogens (tertiary/aromatic N) is 1. The molecule has 8 heteroatoms. The number of hydrogen-bond donors (Lipinski definition) is 1. The van der Waals surface area contributed by atoms with Crippen LogP contribution in [0.5, 0.6) is 0 Å². The van der Waals surface area contributed by atoms with E-state index in [0.29, 0.717) is 0 Å². The molecule has 1 unspecified atom stereocenters. The predicted molar refractivity (Wildman–Crippen MR) is 70.5 cm³/mol. The largest absolute Gasteiger partial charge is 0.509 e. The van der Waals surface area contributed by atoms with E-state index in [2.05, 4.69) is 4.74 Å². The van der Waals surface area contributed by atoms with Crippen molar-refractivity contribution in [3.05, 3.63) is 39.9 Å². The number of nitro groups is 1. The Morgan fingerprint density at radius 1 is 1.19 bits per heavy atom. The molecule has 0 aliphatic heterocycles. The summed E-state index contributed by atoms with van der Waals surface area (Å²) < 4.78 is 9.51. The highest BCUT2D eigenvalue weighted by atomic mass is 16.8. The van der Waals surface area contributed by atoms with Gasteiger partial charge >= 0.3 is 12.1 Å². The van der Waals surface area contributed by atoms with Gasteiger partial charge in [-0.15, -0.1) is 0 Å². The quantitative estimate of drug-likeness (QED) is 0.393. The average molecular weight is 297 g/mol. The zero-order valence-corrected chi connectivity index (χ0v) is 11.7. The summed E-state index contributed by atoms with van der Waals surface area (Å²) in [7, 11) is 0. The molecule has 0 bridgehead atoms. The number of carbonyl (C=O) groups excluding carboxylic acids is 1. The van der Waals surface area contributed by atoms with Crippen LogP contribution in [0, 0.1) is 15.5 Å². The summed E-state index contributed by atoms with van der Waals surface area (Å²) in [6, 6.07) is 4.86. The number of non-ortho nitro benzene ring substituents is 1. The maximum atomic E-state index is 11.8. The van der Waals surface area contributed by atoms with Gasteiger partial charge in [-0.25, -0.2) is 4.79 Å². The van der Waals surface area contributed by atoms with E-state index in [1.165, 1.54) is 24.3 Å². The van der Waals surface area contributed by atoms with Crippen molar-refractivity contribution in [3.63, 3.8) is 0 Å². The van der Waals surface area contributed by atoms with E-state index in [4.69, 9.17) is 9.84 Å². The fraction of sp³-hybridized carbons (Fsp3) is 0.385. The molecule has 8 nitrogen and oxygen atoms in total. The Labute approximate surface area is 120 Å². The lowest BCUT2D eigenvalue weighted by molar-refractivity contribution is -0.384. The van der Waals surface area contributed by atoms with Crippen molar-refractivity contribution in [1.29, 1.82) is 0 Å². The molecule has 0 spiro atoms. The summed E-state index contributed by atoms with van der Waals surface area (Å²) in [4.78, 5) is 32.4. The minimum absolute atomic E-state index is 0.171. The van der Waals surface area contributed by atoms with Gasteiger partial charge in [0.25, 0.3) is 12.0 Å². The van der Waals surface area contributed by atoms with Crippen molar-refractivity contribution in [1.82, 2.24) is 0 Å². The second-order valence-electron chi connectivity index (χ2n) is 5.22. The molecule has 0 fully saturated rings. The van der Waals surface area contributed by atoms with Gasteiger partial charge in [-0.2, -0.15) is 0 Å². The Morgan fingerprint density at radius 2 is 1.71 bits per heavy atom. The van der Waals surface area contributed by atoms with E-state index in [1.54, 1.807) is 20.8 Å². The maximum absolute atomic E-state index is 11.8. The Kier molecular flexibility index (Phi) is 4.85. The van der Waals surface area contributed by atoms with Gasteiger partial charge in [0.1, 0.15) is 0 Å². The van der Waals surface area contributed by atoms with Gasteiger partial charge in [-0.1, -0.05) is 0 Å². The summed E-state index contributed by atoms with van der Waals surface area (Å²) in [5.41, 5.74) is -0.837. The highest BCUT2D eigenvalue weighted by molar-refractivity contribution is 5.75. The van der Waals surface area contributed by atoms with Gasteiger partial charge in [0.2, 0.25) is 0 Å². The maximum Gasteiger partial charge on any atom is 0.509 e.